The lowest BCUT2D eigenvalue weighted by atomic mass is 9.96. The van der Waals surface area contributed by atoms with Gasteiger partial charge in [0.1, 0.15) is 0 Å². The highest BCUT2D eigenvalue weighted by Crippen LogP contribution is 2.21. The SMILES string of the molecule is O=C1NCC(CO)N2CCCCC12. The summed E-state index contributed by atoms with van der Waals surface area (Å²) in [4.78, 5) is 13.6. The van der Waals surface area contributed by atoms with E-state index in [1.165, 1.54) is 0 Å². The number of piperidine rings is 1. The second kappa shape index (κ2) is 3.64. The fraction of sp³-hybridized carbons (Fsp3) is 0.889. The van der Waals surface area contributed by atoms with Gasteiger partial charge in [0.2, 0.25) is 5.91 Å². The van der Waals surface area contributed by atoms with Crippen LogP contribution in [0, 0.1) is 0 Å². The molecule has 4 heteroatoms. The van der Waals surface area contributed by atoms with Gasteiger partial charge < -0.3 is 10.4 Å². The molecular weight excluding hydrogens is 168 g/mol. The van der Waals surface area contributed by atoms with E-state index in [4.69, 9.17) is 5.11 Å². The zero-order valence-electron chi connectivity index (χ0n) is 7.70. The predicted molar refractivity (Wildman–Crippen MR) is 48.2 cm³/mol. The Balaban J connectivity index is 2.09. The molecule has 2 rings (SSSR count). The molecule has 2 aliphatic rings. The number of aliphatic hydroxyl groups excluding tert-OH is 1. The molecule has 2 saturated heterocycles. The van der Waals surface area contributed by atoms with E-state index >= 15 is 0 Å². The van der Waals surface area contributed by atoms with Crippen molar-refractivity contribution in [2.45, 2.75) is 31.3 Å². The molecule has 0 spiro atoms. The normalized spacial score (nSPS) is 35.3. The number of carbonyl (C=O) groups excluding carboxylic acids is 1. The maximum absolute atomic E-state index is 11.5. The van der Waals surface area contributed by atoms with E-state index in [0.717, 1.165) is 25.8 Å². The van der Waals surface area contributed by atoms with Crippen LogP contribution in [0.3, 0.4) is 0 Å². The Morgan fingerprint density at radius 3 is 3.15 bits per heavy atom. The van der Waals surface area contributed by atoms with Crippen molar-refractivity contribution in [2.24, 2.45) is 0 Å². The number of aliphatic hydroxyl groups is 1. The standard InChI is InChI=1S/C9H16N2O2/c12-6-7-5-10-9(13)8-3-1-2-4-11(7)8/h7-8,12H,1-6H2,(H,10,13). The Bertz CT molecular complexity index is 208. The van der Waals surface area contributed by atoms with Crippen molar-refractivity contribution in [1.82, 2.24) is 10.2 Å². The fourth-order valence-corrected chi connectivity index (χ4v) is 2.30. The summed E-state index contributed by atoms with van der Waals surface area (Å²) in [5, 5.41) is 12.0. The highest BCUT2D eigenvalue weighted by atomic mass is 16.3. The molecule has 2 fully saturated rings. The van der Waals surface area contributed by atoms with Crippen molar-refractivity contribution in [1.29, 1.82) is 0 Å². The van der Waals surface area contributed by atoms with Crippen molar-refractivity contribution in [2.75, 3.05) is 19.7 Å². The van der Waals surface area contributed by atoms with Crippen LogP contribution in [0.2, 0.25) is 0 Å². The van der Waals surface area contributed by atoms with Gasteiger partial charge in [-0.3, -0.25) is 9.69 Å². The first-order valence-electron chi connectivity index (χ1n) is 4.97. The first-order chi connectivity index (χ1) is 6.33. The summed E-state index contributed by atoms with van der Waals surface area (Å²) in [7, 11) is 0. The summed E-state index contributed by atoms with van der Waals surface area (Å²) in [6, 6.07) is 0.169. The van der Waals surface area contributed by atoms with Crippen LogP contribution in [0.1, 0.15) is 19.3 Å². The van der Waals surface area contributed by atoms with Crippen LogP contribution in [0.5, 0.6) is 0 Å². The molecule has 0 radical (unpaired) electrons. The van der Waals surface area contributed by atoms with Gasteiger partial charge in [-0.25, -0.2) is 0 Å². The van der Waals surface area contributed by atoms with E-state index in [1.54, 1.807) is 0 Å². The predicted octanol–water partition coefficient (Wildman–Crippen LogP) is -0.668. The number of carbonyl (C=O) groups is 1. The fourth-order valence-electron chi connectivity index (χ4n) is 2.30. The molecule has 0 aromatic carbocycles. The van der Waals surface area contributed by atoms with E-state index in [2.05, 4.69) is 10.2 Å². The van der Waals surface area contributed by atoms with E-state index in [1.807, 2.05) is 0 Å². The minimum atomic E-state index is 0.0275. The lowest BCUT2D eigenvalue weighted by Gasteiger charge is -2.43. The smallest absolute Gasteiger partial charge is 0.237 e. The zero-order chi connectivity index (χ0) is 9.26. The van der Waals surface area contributed by atoms with Crippen molar-refractivity contribution >= 4 is 5.91 Å². The van der Waals surface area contributed by atoms with Gasteiger partial charge in [0.05, 0.1) is 18.7 Å². The molecule has 4 nitrogen and oxygen atoms in total. The molecule has 1 amide bonds. The van der Waals surface area contributed by atoms with Gasteiger partial charge in [0.15, 0.2) is 0 Å². The highest BCUT2D eigenvalue weighted by Gasteiger charge is 2.36. The number of fused-ring (bicyclic) bond motifs is 1. The Labute approximate surface area is 77.9 Å². The minimum absolute atomic E-state index is 0.0275. The largest absolute Gasteiger partial charge is 0.395 e. The Kier molecular flexibility index (Phi) is 2.51. The first-order valence-corrected chi connectivity index (χ1v) is 4.97. The van der Waals surface area contributed by atoms with Gasteiger partial charge in [0.25, 0.3) is 0 Å². The van der Waals surface area contributed by atoms with E-state index in [-0.39, 0.29) is 24.6 Å². The van der Waals surface area contributed by atoms with Crippen LogP contribution in [-0.2, 0) is 4.79 Å². The Morgan fingerprint density at radius 2 is 2.38 bits per heavy atom. The third kappa shape index (κ3) is 1.56. The van der Waals surface area contributed by atoms with Crippen LogP contribution in [0.4, 0.5) is 0 Å². The molecule has 0 aromatic heterocycles. The van der Waals surface area contributed by atoms with Crippen LogP contribution in [-0.4, -0.2) is 47.7 Å². The zero-order valence-corrected chi connectivity index (χ0v) is 7.70. The summed E-state index contributed by atoms with van der Waals surface area (Å²) in [5.74, 6) is 0.143. The van der Waals surface area contributed by atoms with Gasteiger partial charge in [-0.05, 0) is 19.4 Å². The monoisotopic (exact) mass is 184 g/mol. The molecule has 74 valence electrons. The Morgan fingerprint density at radius 1 is 1.54 bits per heavy atom. The van der Waals surface area contributed by atoms with E-state index < -0.39 is 0 Å². The number of nitrogens with one attached hydrogen (secondary N) is 1. The summed E-state index contributed by atoms with van der Waals surface area (Å²) in [6.07, 6.45) is 3.23. The number of rotatable bonds is 1. The van der Waals surface area contributed by atoms with Gasteiger partial charge in [-0.1, -0.05) is 6.42 Å². The van der Waals surface area contributed by atoms with E-state index in [0.29, 0.717) is 6.54 Å². The van der Waals surface area contributed by atoms with Crippen molar-refractivity contribution < 1.29 is 9.90 Å². The molecule has 0 saturated carbocycles. The molecule has 2 heterocycles. The summed E-state index contributed by atoms with van der Waals surface area (Å²) >= 11 is 0. The Hall–Kier alpha value is -0.610. The molecule has 2 unspecified atom stereocenters. The summed E-state index contributed by atoms with van der Waals surface area (Å²) < 4.78 is 0. The maximum Gasteiger partial charge on any atom is 0.237 e. The van der Waals surface area contributed by atoms with Crippen LogP contribution in [0.25, 0.3) is 0 Å². The number of amides is 1. The average Bonchev–Trinajstić information content (AvgIpc) is 2.19. The minimum Gasteiger partial charge on any atom is -0.395 e. The molecule has 2 N–H and O–H groups in total. The van der Waals surface area contributed by atoms with Crippen molar-refractivity contribution in [3.63, 3.8) is 0 Å². The third-order valence-corrected chi connectivity index (χ3v) is 3.04. The number of piperazine rings is 1. The molecule has 13 heavy (non-hydrogen) atoms. The van der Waals surface area contributed by atoms with Gasteiger partial charge >= 0.3 is 0 Å². The topological polar surface area (TPSA) is 52.6 Å². The van der Waals surface area contributed by atoms with Gasteiger partial charge in [-0.15, -0.1) is 0 Å². The average molecular weight is 184 g/mol. The highest BCUT2D eigenvalue weighted by molar-refractivity contribution is 5.82. The van der Waals surface area contributed by atoms with E-state index in [9.17, 15) is 4.79 Å². The van der Waals surface area contributed by atoms with Crippen LogP contribution >= 0.6 is 0 Å². The number of hydrogen-bond donors (Lipinski definition) is 2. The molecular formula is C9H16N2O2. The molecule has 2 atom stereocenters. The molecule has 2 aliphatic heterocycles. The number of hydrogen-bond acceptors (Lipinski definition) is 3. The third-order valence-electron chi connectivity index (χ3n) is 3.04. The summed E-state index contributed by atoms with van der Waals surface area (Å²) in [5.41, 5.74) is 0. The number of nitrogens with zero attached hydrogens (tertiary/aromatic N) is 1. The molecule has 0 aliphatic carbocycles. The van der Waals surface area contributed by atoms with Crippen LogP contribution < -0.4 is 5.32 Å². The van der Waals surface area contributed by atoms with Gasteiger partial charge in [-0.2, -0.15) is 0 Å². The lowest BCUT2D eigenvalue weighted by molar-refractivity contribution is -0.133. The lowest BCUT2D eigenvalue weighted by Crippen LogP contribution is -2.62. The molecule has 0 bridgehead atoms. The second-order valence-corrected chi connectivity index (χ2v) is 3.83. The van der Waals surface area contributed by atoms with Crippen molar-refractivity contribution in [3.05, 3.63) is 0 Å². The van der Waals surface area contributed by atoms with Crippen molar-refractivity contribution in [3.8, 4) is 0 Å². The van der Waals surface area contributed by atoms with Crippen LogP contribution in [0.15, 0.2) is 0 Å². The first kappa shape index (κ1) is 8.97. The summed E-state index contributed by atoms with van der Waals surface area (Å²) in [6.45, 7) is 1.71. The quantitative estimate of drug-likeness (QED) is 0.568. The maximum atomic E-state index is 11.5. The van der Waals surface area contributed by atoms with Gasteiger partial charge in [0, 0.05) is 6.54 Å². The second-order valence-electron chi connectivity index (χ2n) is 3.83. The molecule has 0 aromatic rings.